The van der Waals surface area contributed by atoms with Gasteiger partial charge in [-0.25, -0.2) is 4.68 Å². The van der Waals surface area contributed by atoms with Gasteiger partial charge in [-0.15, -0.1) is 0 Å². The Morgan fingerprint density at radius 2 is 1.89 bits per heavy atom. The van der Waals surface area contributed by atoms with Crippen LogP contribution in [0.1, 0.15) is 47.8 Å². The number of aryl methyl sites for hydroxylation is 1. The Morgan fingerprint density at radius 1 is 1.15 bits per heavy atom. The van der Waals surface area contributed by atoms with E-state index >= 15 is 0 Å². The van der Waals surface area contributed by atoms with Gasteiger partial charge in [-0.1, -0.05) is 24.3 Å². The highest BCUT2D eigenvalue weighted by atomic mass is 16.3. The van der Waals surface area contributed by atoms with E-state index in [0.29, 0.717) is 11.8 Å². The molecule has 0 spiro atoms. The van der Waals surface area contributed by atoms with Gasteiger partial charge in [0.25, 0.3) is 5.56 Å². The molecule has 2 aromatic rings. The number of rotatable bonds is 5. The number of nitrogens with zero attached hydrogens (tertiary/aromatic N) is 3. The number of nitrogens with one attached hydrogen (secondary N) is 1. The molecule has 1 aliphatic carbocycles. The Labute approximate surface area is 159 Å². The topological polar surface area (TPSA) is 70.4 Å². The van der Waals surface area contributed by atoms with Crippen LogP contribution in [0.15, 0.2) is 35.3 Å². The molecule has 1 aromatic heterocycles. The molecule has 2 atom stereocenters. The average molecular weight is 368 g/mol. The average Bonchev–Trinajstić information content (AvgIpc) is 3.49. The Morgan fingerprint density at radius 3 is 2.56 bits per heavy atom. The highest BCUT2D eigenvalue weighted by molar-refractivity contribution is 5.52. The number of hydrogen-bond donors (Lipinski definition) is 2. The van der Waals surface area contributed by atoms with Crippen LogP contribution in [0, 0.1) is 0 Å². The van der Waals surface area contributed by atoms with Crippen molar-refractivity contribution in [1.29, 1.82) is 0 Å². The maximum absolute atomic E-state index is 12.6. The molecule has 144 valence electrons. The molecule has 1 saturated heterocycles. The molecular formula is C21H28N4O2. The summed E-state index contributed by atoms with van der Waals surface area (Å²) in [4.78, 5) is 14.9. The lowest BCUT2D eigenvalue weighted by Crippen LogP contribution is -2.44. The van der Waals surface area contributed by atoms with Gasteiger partial charge in [0.05, 0.1) is 18.5 Å². The van der Waals surface area contributed by atoms with Crippen LogP contribution >= 0.6 is 0 Å². The van der Waals surface area contributed by atoms with E-state index in [9.17, 15) is 9.90 Å². The summed E-state index contributed by atoms with van der Waals surface area (Å²) in [5.41, 5.74) is 4.09. The van der Waals surface area contributed by atoms with Gasteiger partial charge in [-0.05, 0) is 49.3 Å². The number of aromatic nitrogens is 2. The number of hydrogen-bond acceptors (Lipinski definition) is 5. The van der Waals surface area contributed by atoms with Crippen LogP contribution in [-0.4, -0.2) is 46.0 Å². The second kappa shape index (κ2) is 7.44. The molecule has 1 aliphatic heterocycles. The van der Waals surface area contributed by atoms with Crippen LogP contribution in [0.3, 0.4) is 0 Å². The van der Waals surface area contributed by atoms with Gasteiger partial charge in [0.2, 0.25) is 0 Å². The van der Waals surface area contributed by atoms with E-state index < -0.39 is 0 Å². The Kier molecular flexibility index (Phi) is 5.02. The van der Waals surface area contributed by atoms with Crippen LogP contribution in [0.4, 0.5) is 5.69 Å². The molecule has 6 nitrogen and oxygen atoms in total. The van der Waals surface area contributed by atoms with Crippen LogP contribution < -0.4 is 10.9 Å². The van der Waals surface area contributed by atoms with Crippen LogP contribution in [-0.2, 0) is 13.7 Å². The summed E-state index contributed by atoms with van der Waals surface area (Å²) in [6, 6.07) is 8.53. The predicted molar refractivity (Wildman–Crippen MR) is 106 cm³/mol. The minimum atomic E-state index is 0.0304. The second-order valence-corrected chi connectivity index (χ2v) is 8.07. The SMILES string of the molecule is CN1C[C@H](Nc2cnn(C)c(=O)c2C2CC2)C[C@H](c2ccc(CO)cc2)C1. The zero-order valence-corrected chi connectivity index (χ0v) is 16.1. The van der Waals surface area contributed by atoms with Gasteiger partial charge in [0.1, 0.15) is 0 Å². The molecule has 2 fully saturated rings. The molecule has 0 bridgehead atoms. The number of aliphatic hydroxyl groups is 1. The zero-order valence-electron chi connectivity index (χ0n) is 16.1. The lowest BCUT2D eigenvalue weighted by molar-refractivity contribution is 0.235. The lowest BCUT2D eigenvalue weighted by Gasteiger charge is -2.37. The fourth-order valence-corrected chi connectivity index (χ4v) is 4.22. The van der Waals surface area contributed by atoms with Crippen molar-refractivity contribution >= 4 is 5.69 Å². The lowest BCUT2D eigenvalue weighted by atomic mass is 9.87. The Hall–Kier alpha value is -2.18. The predicted octanol–water partition coefficient (Wildman–Crippen LogP) is 2.05. The van der Waals surface area contributed by atoms with Gasteiger partial charge >= 0.3 is 0 Å². The van der Waals surface area contributed by atoms with Crippen molar-refractivity contribution in [2.24, 2.45) is 7.05 Å². The van der Waals surface area contributed by atoms with E-state index in [2.05, 4.69) is 34.5 Å². The summed E-state index contributed by atoms with van der Waals surface area (Å²) >= 11 is 0. The molecule has 1 saturated carbocycles. The smallest absolute Gasteiger partial charge is 0.272 e. The van der Waals surface area contributed by atoms with E-state index in [1.54, 1.807) is 7.05 Å². The van der Waals surface area contributed by atoms with E-state index in [4.69, 9.17) is 0 Å². The van der Waals surface area contributed by atoms with Gasteiger partial charge < -0.3 is 15.3 Å². The molecule has 2 N–H and O–H groups in total. The minimum Gasteiger partial charge on any atom is -0.392 e. The van der Waals surface area contributed by atoms with E-state index in [-0.39, 0.29) is 18.2 Å². The third-order valence-corrected chi connectivity index (χ3v) is 5.79. The number of benzene rings is 1. The van der Waals surface area contributed by atoms with Crippen molar-refractivity contribution in [2.75, 3.05) is 25.5 Å². The molecule has 2 heterocycles. The van der Waals surface area contributed by atoms with Crippen LogP contribution in [0.2, 0.25) is 0 Å². The van der Waals surface area contributed by atoms with Crippen LogP contribution in [0.25, 0.3) is 0 Å². The maximum Gasteiger partial charge on any atom is 0.272 e. The van der Waals surface area contributed by atoms with Crippen LogP contribution in [0.5, 0.6) is 0 Å². The molecule has 0 amide bonds. The molecule has 0 unspecified atom stereocenters. The molecule has 1 aromatic carbocycles. The summed E-state index contributed by atoms with van der Waals surface area (Å²) in [6.07, 6.45) is 5.02. The molecule has 4 rings (SSSR count). The quantitative estimate of drug-likeness (QED) is 0.845. The number of piperidine rings is 1. The number of likely N-dealkylation sites (N-methyl/N-ethyl adjacent to an activating group) is 1. The van der Waals surface area contributed by atoms with Gasteiger partial charge in [0, 0.05) is 31.7 Å². The summed E-state index contributed by atoms with van der Waals surface area (Å²) in [7, 11) is 3.87. The molecule has 6 heteroatoms. The molecular weight excluding hydrogens is 340 g/mol. The minimum absolute atomic E-state index is 0.0304. The first-order chi connectivity index (χ1) is 13.0. The number of aliphatic hydroxyl groups excluding tert-OH is 1. The first kappa shape index (κ1) is 18.2. The second-order valence-electron chi connectivity index (χ2n) is 8.07. The van der Waals surface area contributed by atoms with E-state index in [0.717, 1.165) is 49.2 Å². The van der Waals surface area contributed by atoms with E-state index in [1.165, 1.54) is 10.2 Å². The van der Waals surface area contributed by atoms with Gasteiger partial charge in [-0.2, -0.15) is 5.10 Å². The standard InChI is InChI=1S/C21H28N4O2/c1-24-11-17(15-5-3-14(13-26)4-6-15)9-18(12-24)23-19-10-22-25(2)21(27)20(19)16-7-8-16/h3-6,10,16-18,23,26H,7-9,11-13H2,1-2H3/t17-,18+/m0/s1. The Bertz CT molecular complexity index is 857. The Balaban J connectivity index is 1.54. The largest absolute Gasteiger partial charge is 0.392 e. The van der Waals surface area contributed by atoms with Crippen molar-refractivity contribution in [3.05, 3.63) is 57.5 Å². The molecule has 0 radical (unpaired) electrons. The molecule has 2 aliphatic rings. The van der Waals surface area contributed by atoms with Crippen molar-refractivity contribution in [1.82, 2.24) is 14.7 Å². The van der Waals surface area contributed by atoms with Gasteiger partial charge in [0.15, 0.2) is 0 Å². The highest BCUT2D eigenvalue weighted by Gasteiger charge is 2.32. The molecule has 27 heavy (non-hydrogen) atoms. The van der Waals surface area contributed by atoms with Crippen molar-refractivity contribution < 1.29 is 5.11 Å². The zero-order chi connectivity index (χ0) is 19.0. The summed E-state index contributed by atoms with van der Waals surface area (Å²) in [6.45, 7) is 2.04. The third-order valence-electron chi connectivity index (χ3n) is 5.79. The number of anilines is 1. The normalized spacial score (nSPS) is 23.4. The monoisotopic (exact) mass is 368 g/mol. The highest BCUT2D eigenvalue weighted by Crippen LogP contribution is 2.41. The number of likely N-dealkylation sites (tertiary alicyclic amines) is 1. The fraction of sp³-hybridized carbons (Fsp3) is 0.524. The van der Waals surface area contributed by atoms with Gasteiger partial charge in [-0.3, -0.25) is 4.79 Å². The van der Waals surface area contributed by atoms with Crippen molar-refractivity contribution in [3.63, 3.8) is 0 Å². The maximum atomic E-state index is 12.6. The van der Waals surface area contributed by atoms with Crippen molar-refractivity contribution in [3.8, 4) is 0 Å². The first-order valence-corrected chi connectivity index (χ1v) is 9.76. The summed E-state index contributed by atoms with van der Waals surface area (Å²) in [5.74, 6) is 0.815. The fourth-order valence-electron chi connectivity index (χ4n) is 4.22. The third kappa shape index (κ3) is 3.92. The summed E-state index contributed by atoms with van der Waals surface area (Å²) < 4.78 is 1.44. The van der Waals surface area contributed by atoms with Crippen molar-refractivity contribution in [2.45, 2.75) is 43.7 Å². The van der Waals surface area contributed by atoms with E-state index in [1.807, 2.05) is 18.3 Å². The summed E-state index contributed by atoms with van der Waals surface area (Å²) in [5, 5.41) is 17.1. The first-order valence-electron chi connectivity index (χ1n) is 9.76.